The Hall–Kier alpha value is -2.76. The van der Waals surface area contributed by atoms with Crippen LogP contribution in [0.25, 0.3) is 0 Å². The summed E-state index contributed by atoms with van der Waals surface area (Å²) in [6.45, 7) is 8.09. The number of fused-ring (bicyclic) bond motifs is 1. The predicted octanol–water partition coefficient (Wildman–Crippen LogP) is 4.54. The Morgan fingerprint density at radius 2 is 1.93 bits per heavy atom. The van der Waals surface area contributed by atoms with Gasteiger partial charge in [0.2, 0.25) is 0 Å². The summed E-state index contributed by atoms with van der Waals surface area (Å²) in [5.74, 6) is 0.468. The summed E-state index contributed by atoms with van der Waals surface area (Å²) >= 11 is 0. The van der Waals surface area contributed by atoms with Gasteiger partial charge < -0.3 is 4.74 Å². The fourth-order valence-electron chi connectivity index (χ4n) is 4.23. The number of carbonyl (C=O) groups is 2. The molecule has 2 aliphatic carbocycles. The van der Waals surface area contributed by atoms with Gasteiger partial charge in [-0.25, -0.2) is 4.79 Å². The van der Waals surface area contributed by atoms with Gasteiger partial charge in [-0.05, 0) is 67.2 Å². The molecule has 6 nitrogen and oxygen atoms in total. The van der Waals surface area contributed by atoms with Crippen LogP contribution in [-0.2, 0) is 20.9 Å². The van der Waals surface area contributed by atoms with Crippen molar-refractivity contribution in [3.8, 4) is 0 Å². The summed E-state index contributed by atoms with van der Waals surface area (Å²) in [5.41, 5.74) is 3.16. The monoisotopic (exact) mass is 383 g/mol. The van der Waals surface area contributed by atoms with E-state index in [2.05, 4.69) is 13.5 Å². The van der Waals surface area contributed by atoms with E-state index in [0.717, 1.165) is 18.4 Å². The molecule has 0 bridgehead atoms. The molecule has 0 spiro atoms. The molecule has 1 aromatic rings. The van der Waals surface area contributed by atoms with Gasteiger partial charge in [0.15, 0.2) is 5.78 Å². The van der Waals surface area contributed by atoms with Gasteiger partial charge in [0.25, 0.3) is 5.69 Å². The molecule has 0 aromatic heterocycles. The number of nitrogens with zero attached hydrogens (tertiary/aromatic N) is 1. The molecule has 0 saturated heterocycles. The second-order valence-electron chi connectivity index (χ2n) is 7.86. The van der Waals surface area contributed by atoms with Crippen molar-refractivity contribution in [1.82, 2.24) is 0 Å². The Morgan fingerprint density at radius 3 is 2.57 bits per heavy atom. The third-order valence-corrected chi connectivity index (χ3v) is 6.15. The van der Waals surface area contributed by atoms with E-state index in [1.807, 2.05) is 6.92 Å². The first kappa shape index (κ1) is 20.0. The number of esters is 1. The highest BCUT2D eigenvalue weighted by atomic mass is 16.6. The third-order valence-electron chi connectivity index (χ3n) is 6.15. The maximum absolute atomic E-state index is 12.5. The highest BCUT2D eigenvalue weighted by Crippen LogP contribution is 2.45. The van der Waals surface area contributed by atoms with Crippen LogP contribution in [0.2, 0.25) is 0 Å². The SMILES string of the molecule is C=C(C(=O)OCc1ccc([N+](=O)[O-])cc1)[C@H]1CCC(C)[C@@H]2CC(=O)C(C)=C2C1. The number of Topliss-reactive ketones (excluding diaryl/α,β-unsaturated/α-hetero) is 1. The zero-order valence-corrected chi connectivity index (χ0v) is 16.3. The first-order valence-corrected chi connectivity index (χ1v) is 9.60. The molecule has 0 N–H and O–H groups in total. The van der Waals surface area contributed by atoms with Gasteiger partial charge in [-0.15, -0.1) is 0 Å². The number of ether oxygens (including phenoxy) is 1. The minimum atomic E-state index is -0.470. The first-order chi connectivity index (χ1) is 13.3. The summed E-state index contributed by atoms with van der Waals surface area (Å²) in [6.07, 6.45) is 3.09. The summed E-state index contributed by atoms with van der Waals surface area (Å²) in [6, 6.07) is 5.92. The van der Waals surface area contributed by atoms with E-state index in [1.165, 1.54) is 17.7 Å². The lowest BCUT2D eigenvalue weighted by atomic mass is 9.86. The van der Waals surface area contributed by atoms with Crippen LogP contribution in [0.15, 0.2) is 47.6 Å². The van der Waals surface area contributed by atoms with Crippen LogP contribution in [-0.4, -0.2) is 16.7 Å². The fraction of sp³-hybridized carbons (Fsp3) is 0.455. The Balaban J connectivity index is 1.63. The number of hydrogen-bond donors (Lipinski definition) is 0. The van der Waals surface area contributed by atoms with Crippen molar-refractivity contribution in [2.75, 3.05) is 0 Å². The third kappa shape index (κ3) is 4.06. The van der Waals surface area contributed by atoms with E-state index in [-0.39, 0.29) is 24.0 Å². The maximum atomic E-state index is 12.5. The maximum Gasteiger partial charge on any atom is 0.334 e. The Bertz CT molecular complexity index is 852. The van der Waals surface area contributed by atoms with Gasteiger partial charge in [0, 0.05) is 24.1 Å². The van der Waals surface area contributed by atoms with Crippen LogP contribution in [0, 0.1) is 27.9 Å². The number of rotatable bonds is 5. The molecular weight excluding hydrogens is 358 g/mol. The minimum absolute atomic E-state index is 0.00336. The van der Waals surface area contributed by atoms with Crippen LogP contribution < -0.4 is 0 Å². The molecule has 3 rings (SSSR count). The number of allylic oxidation sites excluding steroid dienone is 2. The summed E-state index contributed by atoms with van der Waals surface area (Å²) in [7, 11) is 0. The van der Waals surface area contributed by atoms with Gasteiger partial charge in [-0.2, -0.15) is 0 Å². The molecule has 3 atom stereocenters. The molecule has 0 radical (unpaired) electrons. The molecule has 0 heterocycles. The van der Waals surface area contributed by atoms with Crippen molar-refractivity contribution >= 4 is 17.4 Å². The first-order valence-electron chi connectivity index (χ1n) is 9.60. The van der Waals surface area contributed by atoms with E-state index in [9.17, 15) is 19.7 Å². The number of non-ortho nitro benzene ring substituents is 1. The van der Waals surface area contributed by atoms with Crippen LogP contribution in [0.5, 0.6) is 0 Å². The molecular formula is C22H25NO5. The van der Waals surface area contributed by atoms with E-state index in [1.54, 1.807) is 12.1 Å². The normalized spacial score (nSPS) is 24.5. The Kier molecular flexibility index (Phi) is 5.77. The molecule has 148 valence electrons. The van der Waals surface area contributed by atoms with Crippen molar-refractivity contribution < 1.29 is 19.2 Å². The highest BCUT2D eigenvalue weighted by Gasteiger charge is 2.38. The summed E-state index contributed by atoms with van der Waals surface area (Å²) in [5, 5.41) is 10.7. The van der Waals surface area contributed by atoms with Crippen molar-refractivity contribution in [2.24, 2.45) is 17.8 Å². The quantitative estimate of drug-likeness (QED) is 0.322. The van der Waals surface area contributed by atoms with E-state index < -0.39 is 10.9 Å². The topological polar surface area (TPSA) is 86.5 Å². The minimum Gasteiger partial charge on any atom is -0.457 e. The number of carbonyl (C=O) groups excluding carboxylic acids is 2. The van der Waals surface area contributed by atoms with Gasteiger partial charge in [-0.3, -0.25) is 14.9 Å². The van der Waals surface area contributed by atoms with E-state index in [0.29, 0.717) is 35.8 Å². The number of nitro benzene ring substituents is 1. The Labute approximate surface area is 164 Å². The number of benzene rings is 1. The van der Waals surface area contributed by atoms with Gasteiger partial charge in [0.1, 0.15) is 6.61 Å². The van der Waals surface area contributed by atoms with Gasteiger partial charge in [-0.1, -0.05) is 19.1 Å². The molecule has 1 fully saturated rings. The van der Waals surface area contributed by atoms with E-state index >= 15 is 0 Å². The largest absolute Gasteiger partial charge is 0.457 e. The number of hydrogen-bond acceptors (Lipinski definition) is 5. The molecule has 1 unspecified atom stereocenters. The zero-order valence-electron chi connectivity index (χ0n) is 16.3. The number of ketones is 1. The molecule has 2 aliphatic rings. The fourth-order valence-corrected chi connectivity index (χ4v) is 4.23. The van der Waals surface area contributed by atoms with Crippen molar-refractivity contribution in [3.05, 3.63) is 63.2 Å². The lowest BCUT2D eigenvalue weighted by molar-refractivity contribution is -0.384. The smallest absolute Gasteiger partial charge is 0.334 e. The highest BCUT2D eigenvalue weighted by molar-refractivity contribution is 5.98. The van der Waals surface area contributed by atoms with Crippen molar-refractivity contribution in [2.45, 2.75) is 46.1 Å². The molecule has 0 aliphatic heterocycles. The Morgan fingerprint density at radius 1 is 1.25 bits per heavy atom. The standard InChI is InChI=1S/C22H25NO5/c1-13-4-7-17(10-20-15(3)21(24)11-19(13)20)14(2)22(25)28-12-16-5-8-18(9-6-16)23(26)27/h5-6,8-9,13,17,19H,2,4,7,10-12H2,1,3H3/t13?,17-,19-/m0/s1. The van der Waals surface area contributed by atoms with Crippen LogP contribution in [0.3, 0.4) is 0 Å². The lowest BCUT2D eigenvalue weighted by Gasteiger charge is -2.19. The van der Waals surface area contributed by atoms with E-state index in [4.69, 9.17) is 4.74 Å². The average molecular weight is 383 g/mol. The molecule has 1 aromatic carbocycles. The van der Waals surface area contributed by atoms with Gasteiger partial charge in [0.05, 0.1) is 4.92 Å². The molecule has 28 heavy (non-hydrogen) atoms. The molecule has 6 heteroatoms. The zero-order chi connectivity index (χ0) is 20.4. The summed E-state index contributed by atoms with van der Waals surface area (Å²) in [4.78, 5) is 34.9. The predicted molar refractivity (Wildman–Crippen MR) is 104 cm³/mol. The van der Waals surface area contributed by atoms with Crippen molar-refractivity contribution in [1.29, 1.82) is 0 Å². The lowest BCUT2D eigenvalue weighted by Crippen LogP contribution is -2.15. The van der Waals surface area contributed by atoms with Crippen LogP contribution in [0.1, 0.15) is 45.1 Å². The molecule has 1 saturated carbocycles. The van der Waals surface area contributed by atoms with Crippen LogP contribution in [0.4, 0.5) is 5.69 Å². The second kappa shape index (κ2) is 8.09. The van der Waals surface area contributed by atoms with Gasteiger partial charge >= 0.3 is 5.97 Å². The molecule has 0 amide bonds. The summed E-state index contributed by atoms with van der Waals surface area (Å²) < 4.78 is 5.38. The van der Waals surface area contributed by atoms with Crippen LogP contribution >= 0.6 is 0 Å². The average Bonchev–Trinajstić information content (AvgIpc) is 2.86. The number of nitro groups is 1. The second-order valence-corrected chi connectivity index (χ2v) is 7.86. The van der Waals surface area contributed by atoms with Crippen molar-refractivity contribution in [3.63, 3.8) is 0 Å².